The van der Waals surface area contributed by atoms with E-state index in [-0.39, 0.29) is 36.3 Å². The zero-order valence-electron chi connectivity index (χ0n) is 22.7. The molecule has 0 aromatic heterocycles. The minimum absolute atomic E-state index is 0.0446. The predicted octanol–water partition coefficient (Wildman–Crippen LogP) is 5.36. The van der Waals surface area contributed by atoms with Crippen LogP contribution < -0.4 is 4.74 Å². The van der Waals surface area contributed by atoms with Gasteiger partial charge in [0.05, 0.1) is 6.04 Å². The molecule has 2 aliphatic heterocycles. The van der Waals surface area contributed by atoms with Crippen molar-refractivity contribution < 1.29 is 23.9 Å². The van der Waals surface area contributed by atoms with Gasteiger partial charge in [0.1, 0.15) is 11.4 Å². The fraction of sp³-hybridized carbons (Fsp3) is 0.500. The van der Waals surface area contributed by atoms with Gasteiger partial charge in [0.2, 0.25) is 0 Å². The average molecular weight is 507 g/mol. The number of rotatable bonds is 4. The van der Waals surface area contributed by atoms with Crippen LogP contribution in [0.25, 0.3) is 0 Å². The number of ether oxygens (including phenoxy) is 2. The van der Waals surface area contributed by atoms with Crippen LogP contribution in [0.5, 0.6) is 5.75 Å². The lowest BCUT2D eigenvalue weighted by molar-refractivity contribution is -0.135. The molecule has 1 fully saturated rings. The zero-order valence-corrected chi connectivity index (χ0v) is 22.7. The normalized spacial score (nSPS) is 21.8. The van der Waals surface area contributed by atoms with E-state index >= 15 is 0 Å². The number of Topliss-reactive ketones (excluding diaryl/α,β-unsaturated/α-hetero) is 1. The Kier molecular flexibility index (Phi) is 7.36. The van der Waals surface area contributed by atoms with Gasteiger partial charge in [0.15, 0.2) is 11.4 Å². The van der Waals surface area contributed by atoms with Crippen LogP contribution in [0.2, 0.25) is 0 Å². The van der Waals surface area contributed by atoms with Gasteiger partial charge in [-0.1, -0.05) is 30.3 Å². The highest BCUT2D eigenvalue weighted by atomic mass is 16.6. The summed E-state index contributed by atoms with van der Waals surface area (Å²) in [6, 6.07) is 14.6. The first kappa shape index (κ1) is 26.7. The van der Waals surface area contributed by atoms with E-state index in [4.69, 9.17) is 9.47 Å². The maximum Gasteiger partial charge on any atom is 0.410 e. The quantitative estimate of drug-likeness (QED) is 0.558. The van der Waals surface area contributed by atoms with Crippen LogP contribution in [0.4, 0.5) is 4.79 Å². The van der Waals surface area contributed by atoms with Crippen LogP contribution in [-0.2, 0) is 21.6 Å². The Morgan fingerprint density at radius 1 is 1.14 bits per heavy atom. The van der Waals surface area contributed by atoms with Crippen molar-refractivity contribution in [3.8, 4) is 5.75 Å². The third-order valence-corrected chi connectivity index (χ3v) is 7.06. The van der Waals surface area contributed by atoms with Gasteiger partial charge in [-0.05, 0) is 72.6 Å². The van der Waals surface area contributed by atoms with Gasteiger partial charge < -0.3 is 19.3 Å². The molecule has 0 bridgehead atoms. The Labute approximate surface area is 219 Å². The van der Waals surface area contributed by atoms with Crippen molar-refractivity contribution in [2.24, 2.45) is 0 Å². The smallest absolute Gasteiger partial charge is 0.410 e. The van der Waals surface area contributed by atoms with Gasteiger partial charge in [0, 0.05) is 42.2 Å². The van der Waals surface area contributed by atoms with Crippen molar-refractivity contribution in [3.05, 3.63) is 65.2 Å². The van der Waals surface area contributed by atoms with E-state index in [9.17, 15) is 14.4 Å². The van der Waals surface area contributed by atoms with Crippen molar-refractivity contribution in [3.63, 3.8) is 0 Å². The summed E-state index contributed by atoms with van der Waals surface area (Å²) >= 11 is 0. The largest absolute Gasteiger partial charge is 0.475 e. The molecule has 7 nitrogen and oxygen atoms in total. The number of hydrogen-bond donors (Lipinski definition) is 0. The number of fused-ring (bicyclic) bond motifs is 1. The van der Waals surface area contributed by atoms with Crippen LogP contribution in [0, 0.1) is 0 Å². The standard InChI is InChI=1S/C30H38N2O5/c1-20(2)32(24-13-10-16-31(19-24)28(35)37-29(3,4)5)27(34)21-14-15-25-22(17-21)18-26(33)30(6,36-25)23-11-8-7-9-12-23/h7-9,11-12,14-15,17,20,24H,10,13,16,18-19H2,1-6H3/t24-,30+/m1/s1. The Morgan fingerprint density at radius 3 is 2.49 bits per heavy atom. The van der Waals surface area contributed by atoms with Gasteiger partial charge in [-0.25, -0.2) is 4.79 Å². The Morgan fingerprint density at radius 2 is 1.84 bits per heavy atom. The van der Waals surface area contributed by atoms with Crippen LogP contribution in [0.3, 0.4) is 0 Å². The Bertz CT molecular complexity index is 1170. The summed E-state index contributed by atoms with van der Waals surface area (Å²) in [6.45, 7) is 12.4. The second kappa shape index (κ2) is 10.2. The molecule has 0 unspecified atom stereocenters. The number of nitrogens with zero attached hydrogens (tertiary/aromatic N) is 2. The molecule has 0 spiro atoms. The first-order valence-corrected chi connectivity index (χ1v) is 13.1. The molecular formula is C30H38N2O5. The predicted molar refractivity (Wildman–Crippen MR) is 142 cm³/mol. The first-order valence-electron chi connectivity index (χ1n) is 13.1. The first-order chi connectivity index (χ1) is 17.4. The van der Waals surface area contributed by atoms with Crippen LogP contribution in [0.1, 0.15) is 75.9 Å². The van der Waals surface area contributed by atoms with Crippen molar-refractivity contribution in [1.29, 1.82) is 0 Å². The number of benzene rings is 2. The van der Waals surface area contributed by atoms with E-state index < -0.39 is 11.2 Å². The number of ketones is 1. The van der Waals surface area contributed by atoms with E-state index in [1.807, 2.05) is 69.9 Å². The number of carbonyl (C=O) groups is 3. The van der Waals surface area contributed by atoms with E-state index in [0.717, 1.165) is 18.4 Å². The summed E-state index contributed by atoms with van der Waals surface area (Å²) in [7, 11) is 0. The fourth-order valence-electron chi connectivity index (χ4n) is 5.19. The number of amides is 2. The zero-order chi connectivity index (χ0) is 27.0. The second-order valence-electron chi connectivity index (χ2n) is 11.5. The van der Waals surface area contributed by atoms with Crippen molar-refractivity contribution >= 4 is 17.8 Å². The molecule has 2 amide bonds. The summed E-state index contributed by atoms with van der Waals surface area (Å²) in [6.07, 6.45) is 1.45. The molecule has 0 radical (unpaired) electrons. The summed E-state index contributed by atoms with van der Waals surface area (Å²) in [5.74, 6) is 0.460. The molecular weight excluding hydrogens is 468 g/mol. The average Bonchev–Trinajstić information content (AvgIpc) is 2.84. The maximum absolute atomic E-state index is 13.8. The molecule has 37 heavy (non-hydrogen) atoms. The lowest BCUT2D eigenvalue weighted by Gasteiger charge is -2.41. The van der Waals surface area contributed by atoms with Gasteiger partial charge in [0.25, 0.3) is 5.91 Å². The molecule has 4 rings (SSSR count). The lowest BCUT2D eigenvalue weighted by atomic mass is 9.85. The topological polar surface area (TPSA) is 76.2 Å². The highest BCUT2D eigenvalue weighted by Crippen LogP contribution is 2.38. The van der Waals surface area contributed by atoms with Gasteiger partial charge >= 0.3 is 6.09 Å². The molecule has 0 saturated carbocycles. The molecule has 2 heterocycles. The number of likely N-dealkylation sites (tertiary alicyclic amines) is 1. The lowest BCUT2D eigenvalue weighted by Crippen LogP contribution is -2.54. The SMILES string of the molecule is CC(C)N(C(=O)c1ccc2c(c1)CC(=O)[C@](C)(c1ccccc1)O2)[C@@H]1CCCN(C(=O)OC(C)(C)C)C1. The van der Waals surface area contributed by atoms with Gasteiger partial charge in [-0.2, -0.15) is 0 Å². The summed E-state index contributed by atoms with van der Waals surface area (Å²) < 4.78 is 11.8. The molecule has 0 N–H and O–H groups in total. The summed E-state index contributed by atoms with van der Waals surface area (Å²) in [5, 5.41) is 0. The second-order valence-corrected chi connectivity index (χ2v) is 11.5. The van der Waals surface area contributed by atoms with E-state index in [1.165, 1.54) is 0 Å². The number of piperidine rings is 1. The molecule has 198 valence electrons. The Balaban J connectivity index is 1.54. The van der Waals surface area contributed by atoms with Gasteiger partial charge in [-0.3, -0.25) is 9.59 Å². The van der Waals surface area contributed by atoms with Crippen LogP contribution in [0.15, 0.2) is 48.5 Å². The minimum Gasteiger partial charge on any atom is -0.475 e. The van der Waals surface area contributed by atoms with Crippen molar-refractivity contribution in [2.75, 3.05) is 13.1 Å². The van der Waals surface area contributed by atoms with E-state index in [1.54, 1.807) is 30.0 Å². The fourth-order valence-corrected chi connectivity index (χ4v) is 5.19. The summed E-state index contributed by atoms with van der Waals surface area (Å²) in [4.78, 5) is 43.2. The molecule has 0 aliphatic carbocycles. The van der Waals surface area contributed by atoms with Crippen LogP contribution in [-0.4, -0.2) is 58.4 Å². The van der Waals surface area contributed by atoms with E-state index in [2.05, 4.69) is 0 Å². The highest BCUT2D eigenvalue weighted by Gasteiger charge is 2.42. The van der Waals surface area contributed by atoms with Gasteiger partial charge in [-0.15, -0.1) is 0 Å². The molecule has 2 aromatic carbocycles. The number of hydrogen-bond acceptors (Lipinski definition) is 5. The third kappa shape index (κ3) is 5.65. The van der Waals surface area contributed by atoms with Crippen molar-refractivity contribution in [2.45, 2.75) is 84.1 Å². The molecule has 2 aromatic rings. The van der Waals surface area contributed by atoms with Crippen molar-refractivity contribution in [1.82, 2.24) is 9.80 Å². The molecule has 7 heteroatoms. The third-order valence-electron chi connectivity index (χ3n) is 7.06. The molecule has 1 saturated heterocycles. The minimum atomic E-state index is -1.06. The van der Waals surface area contributed by atoms with E-state index in [0.29, 0.717) is 30.0 Å². The summed E-state index contributed by atoms with van der Waals surface area (Å²) in [5.41, 5.74) is 0.408. The van der Waals surface area contributed by atoms with Crippen LogP contribution >= 0.6 is 0 Å². The molecule has 2 atom stereocenters. The maximum atomic E-state index is 13.8. The highest BCUT2D eigenvalue weighted by molar-refractivity contribution is 5.97. The molecule has 2 aliphatic rings. The number of carbonyl (C=O) groups excluding carboxylic acids is 3. The Hall–Kier alpha value is -3.35. The monoisotopic (exact) mass is 506 g/mol.